The monoisotopic (exact) mass is 262 g/mol. The van der Waals surface area contributed by atoms with Gasteiger partial charge in [0, 0.05) is 60.1 Å². The normalized spacial score (nSPS) is 10.9. The van der Waals surface area contributed by atoms with Crippen LogP contribution in [0.4, 0.5) is 5.95 Å². The highest BCUT2D eigenvalue weighted by molar-refractivity contribution is 5.30. The van der Waals surface area contributed by atoms with Gasteiger partial charge in [-0.2, -0.15) is 0 Å². The molecule has 19 heavy (non-hydrogen) atoms. The molecule has 0 aromatic carbocycles. The molecule has 0 amide bonds. The first-order chi connectivity index (χ1) is 9.09. The zero-order valence-electron chi connectivity index (χ0n) is 12.1. The van der Waals surface area contributed by atoms with Crippen LogP contribution in [0.2, 0.25) is 0 Å². The minimum Gasteiger partial charge on any atom is -0.348 e. The maximum Gasteiger partial charge on any atom is 0.204 e. The first kappa shape index (κ1) is 13.6. The Hall–Kier alpha value is -1.82. The van der Waals surface area contributed by atoms with Crippen molar-refractivity contribution in [3.63, 3.8) is 0 Å². The summed E-state index contributed by atoms with van der Waals surface area (Å²) >= 11 is 0. The summed E-state index contributed by atoms with van der Waals surface area (Å²) in [5.41, 5.74) is 1.18. The Morgan fingerprint density at radius 2 is 2.05 bits per heavy atom. The number of nitrogens with one attached hydrogen (secondary N) is 1. The minimum atomic E-state index is 0.821. The van der Waals surface area contributed by atoms with E-state index in [0.717, 1.165) is 31.3 Å². The molecule has 0 aliphatic carbocycles. The molecule has 2 rings (SSSR count). The number of aryl methyl sites for hydroxylation is 1. The predicted molar refractivity (Wildman–Crippen MR) is 76.2 cm³/mol. The van der Waals surface area contributed by atoms with E-state index in [-0.39, 0.29) is 0 Å². The van der Waals surface area contributed by atoms with Gasteiger partial charge >= 0.3 is 0 Å². The summed E-state index contributed by atoms with van der Waals surface area (Å²) in [5.74, 6) is 2.08. The highest BCUT2D eigenvalue weighted by Crippen LogP contribution is 2.10. The molecule has 0 fully saturated rings. The molecule has 1 N–H and O–H groups in total. The Labute approximate surface area is 114 Å². The van der Waals surface area contributed by atoms with E-state index in [0.29, 0.717) is 0 Å². The second-order valence-corrected chi connectivity index (χ2v) is 4.88. The van der Waals surface area contributed by atoms with Crippen molar-refractivity contribution in [1.82, 2.24) is 24.4 Å². The average Bonchev–Trinajstić information content (AvgIpc) is 2.92. The molecule has 104 valence electrons. The van der Waals surface area contributed by atoms with E-state index in [4.69, 9.17) is 0 Å². The zero-order valence-corrected chi connectivity index (χ0v) is 12.1. The Morgan fingerprint density at radius 1 is 1.26 bits per heavy atom. The summed E-state index contributed by atoms with van der Waals surface area (Å²) in [5, 5.41) is 3.43. The Bertz CT molecular complexity index is 525. The molecule has 0 saturated carbocycles. The van der Waals surface area contributed by atoms with Gasteiger partial charge < -0.3 is 19.4 Å². The smallest absolute Gasteiger partial charge is 0.204 e. The van der Waals surface area contributed by atoms with Crippen LogP contribution in [-0.4, -0.2) is 39.7 Å². The van der Waals surface area contributed by atoms with Crippen LogP contribution in [0.25, 0.3) is 0 Å². The molecule has 2 heterocycles. The second kappa shape index (κ2) is 5.88. The van der Waals surface area contributed by atoms with Gasteiger partial charge in [0.1, 0.15) is 5.82 Å². The van der Waals surface area contributed by atoms with Crippen LogP contribution in [0.15, 0.2) is 18.6 Å². The quantitative estimate of drug-likeness (QED) is 0.773. The predicted octanol–water partition coefficient (Wildman–Crippen LogP) is 0.552. The van der Waals surface area contributed by atoms with Gasteiger partial charge in [-0.05, 0) is 0 Å². The average molecular weight is 262 g/mol. The van der Waals surface area contributed by atoms with E-state index in [9.17, 15) is 0 Å². The van der Waals surface area contributed by atoms with Gasteiger partial charge in [-0.1, -0.05) is 0 Å². The molecular formula is C13H22N6. The van der Waals surface area contributed by atoms with E-state index in [2.05, 4.69) is 24.4 Å². The van der Waals surface area contributed by atoms with Gasteiger partial charge in [-0.3, -0.25) is 0 Å². The zero-order chi connectivity index (χ0) is 13.8. The molecule has 0 aliphatic rings. The van der Waals surface area contributed by atoms with Gasteiger partial charge in [0.05, 0.1) is 11.9 Å². The van der Waals surface area contributed by atoms with Crippen molar-refractivity contribution in [2.75, 3.05) is 25.5 Å². The lowest BCUT2D eigenvalue weighted by Gasteiger charge is -2.12. The minimum absolute atomic E-state index is 0.821. The van der Waals surface area contributed by atoms with Crippen LogP contribution in [-0.2, 0) is 27.1 Å². The van der Waals surface area contributed by atoms with Crippen LogP contribution in [0.5, 0.6) is 0 Å². The fourth-order valence-electron chi connectivity index (χ4n) is 2.07. The highest BCUT2D eigenvalue weighted by atomic mass is 15.3. The number of aromatic nitrogens is 4. The summed E-state index contributed by atoms with van der Waals surface area (Å²) in [6.07, 6.45) is 6.66. The molecule has 0 spiro atoms. The standard InChI is InChI=1S/C13H22N6/c1-17(2)13-16-10-11(19(13)4)9-14-6-5-12-15-7-8-18(12)3/h7-8,10,14H,5-6,9H2,1-4H3. The van der Waals surface area contributed by atoms with Crippen LogP contribution in [0, 0.1) is 0 Å². The van der Waals surface area contributed by atoms with Crippen molar-refractivity contribution in [2.24, 2.45) is 14.1 Å². The van der Waals surface area contributed by atoms with Crippen molar-refractivity contribution >= 4 is 5.95 Å². The van der Waals surface area contributed by atoms with Gasteiger partial charge in [0.25, 0.3) is 0 Å². The Balaban J connectivity index is 1.82. The molecule has 6 nitrogen and oxygen atoms in total. The Kier molecular flexibility index (Phi) is 4.21. The summed E-state index contributed by atoms with van der Waals surface area (Å²) in [7, 11) is 8.06. The molecule has 0 unspecified atom stereocenters. The van der Waals surface area contributed by atoms with Gasteiger partial charge in [-0.25, -0.2) is 9.97 Å². The fourth-order valence-corrected chi connectivity index (χ4v) is 2.07. The summed E-state index contributed by atoms with van der Waals surface area (Å²) in [4.78, 5) is 10.7. The largest absolute Gasteiger partial charge is 0.348 e. The molecule has 0 atom stereocenters. The van der Waals surface area contributed by atoms with E-state index in [1.807, 2.05) is 51.7 Å². The molecule has 0 bridgehead atoms. The van der Waals surface area contributed by atoms with Gasteiger partial charge in [0.15, 0.2) is 0 Å². The van der Waals surface area contributed by atoms with Crippen molar-refractivity contribution in [2.45, 2.75) is 13.0 Å². The molecule has 2 aromatic rings. The SMILES string of the molecule is CN(C)c1ncc(CNCCc2nccn2C)n1C. The van der Waals surface area contributed by atoms with Crippen molar-refractivity contribution < 1.29 is 0 Å². The third-order valence-electron chi connectivity index (χ3n) is 3.21. The molecule has 2 aromatic heterocycles. The molecule has 0 aliphatic heterocycles. The van der Waals surface area contributed by atoms with Crippen LogP contribution < -0.4 is 10.2 Å². The number of anilines is 1. The number of hydrogen-bond acceptors (Lipinski definition) is 4. The topological polar surface area (TPSA) is 50.9 Å². The summed E-state index contributed by atoms with van der Waals surface area (Å²) in [6.45, 7) is 1.73. The maximum absolute atomic E-state index is 4.39. The van der Waals surface area contributed by atoms with Crippen molar-refractivity contribution in [3.8, 4) is 0 Å². The fraction of sp³-hybridized carbons (Fsp3) is 0.538. The third kappa shape index (κ3) is 3.14. The van der Waals surface area contributed by atoms with E-state index >= 15 is 0 Å². The lowest BCUT2D eigenvalue weighted by Crippen LogP contribution is -2.20. The van der Waals surface area contributed by atoms with Crippen LogP contribution in [0.1, 0.15) is 11.5 Å². The van der Waals surface area contributed by atoms with Crippen molar-refractivity contribution in [1.29, 1.82) is 0 Å². The molecule has 0 saturated heterocycles. The lowest BCUT2D eigenvalue weighted by atomic mass is 10.4. The number of rotatable bonds is 6. The number of nitrogens with zero attached hydrogens (tertiary/aromatic N) is 5. The van der Waals surface area contributed by atoms with Crippen molar-refractivity contribution in [3.05, 3.63) is 30.1 Å². The first-order valence-electron chi connectivity index (χ1n) is 6.44. The molecule has 6 heteroatoms. The highest BCUT2D eigenvalue weighted by Gasteiger charge is 2.07. The number of imidazole rings is 2. The number of hydrogen-bond donors (Lipinski definition) is 1. The van der Waals surface area contributed by atoms with Crippen LogP contribution >= 0.6 is 0 Å². The summed E-state index contributed by atoms with van der Waals surface area (Å²) in [6, 6.07) is 0. The van der Waals surface area contributed by atoms with Crippen LogP contribution in [0.3, 0.4) is 0 Å². The van der Waals surface area contributed by atoms with Gasteiger partial charge in [0.2, 0.25) is 5.95 Å². The van der Waals surface area contributed by atoms with Gasteiger partial charge in [-0.15, -0.1) is 0 Å². The molecule has 0 radical (unpaired) electrons. The van der Waals surface area contributed by atoms with E-state index < -0.39 is 0 Å². The van der Waals surface area contributed by atoms with E-state index in [1.165, 1.54) is 5.69 Å². The second-order valence-electron chi connectivity index (χ2n) is 4.88. The summed E-state index contributed by atoms with van der Waals surface area (Å²) < 4.78 is 4.16. The first-order valence-corrected chi connectivity index (χ1v) is 6.44. The lowest BCUT2D eigenvalue weighted by molar-refractivity contribution is 0.631. The Morgan fingerprint density at radius 3 is 2.63 bits per heavy atom. The molecular weight excluding hydrogens is 240 g/mol. The third-order valence-corrected chi connectivity index (χ3v) is 3.21. The maximum atomic E-state index is 4.39. The van der Waals surface area contributed by atoms with E-state index in [1.54, 1.807) is 0 Å².